The molecule has 4 rings (SSSR count). The van der Waals surface area contributed by atoms with Crippen molar-refractivity contribution in [3.05, 3.63) is 39.3 Å². The van der Waals surface area contributed by atoms with Crippen molar-refractivity contribution < 1.29 is 4.79 Å². The quantitative estimate of drug-likeness (QED) is 0.423. The second-order valence-corrected chi connectivity index (χ2v) is 8.34. The Kier molecular flexibility index (Phi) is 4.63. The molecule has 142 valence electrons. The molecular weight excluding hydrogens is 366 g/mol. The van der Waals surface area contributed by atoms with Gasteiger partial charge in [-0.05, 0) is 32.6 Å². The molecule has 2 heterocycles. The van der Waals surface area contributed by atoms with Gasteiger partial charge in [-0.25, -0.2) is 14.8 Å². The van der Waals surface area contributed by atoms with Crippen LogP contribution in [0.4, 0.5) is 0 Å². The van der Waals surface area contributed by atoms with Crippen molar-refractivity contribution in [3.8, 4) is 0 Å². The molecule has 1 atom stereocenters. The maximum atomic E-state index is 12.6. The molecule has 9 heteroatoms. The third-order valence-electron chi connectivity index (χ3n) is 4.70. The van der Waals surface area contributed by atoms with Gasteiger partial charge in [0, 0.05) is 18.5 Å². The fourth-order valence-electron chi connectivity index (χ4n) is 2.95. The number of carbonyl (C=O) groups excluding carboxylic acids is 1. The number of nitrogens with one attached hydrogen (secondary N) is 2. The molecule has 2 aromatic rings. The molecule has 2 fully saturated rings. The molecule has 0 aromatic carbocycles. The summed E-state index contributed by atoms with van der Waals surface area (Å²) in [5, 5.41) is 3.05. The summed E-state index contributed by atoms with van der Waals surface area (Å²) < 4.78 is 1.58. The Morgan fingerprint density at radius 1 is 1.37 bits per heavy atom. The first kappa shape index (κ1) is 18.0. The van der Waals surface area contributed by atoms with Crippen LogP contribution in [-0.2, 0) is 4.79 Å². The zero-order chi connectivity index (χ0) is 19.1. The Morgan fingerprint density at radius 3 is 2.74 bits per heavy atom. The third-order valence-corrected chi connectivity index (χ3v) is 5.79. The van der Waals surface area contributed by atoms with Crippen molar-refractivity contribution >= 4 is 28.7 Å². The average Bonchev–Trinajstić information content (AvgIpc) is 3.52. The van der Waals surface area contributed by atoms with Crippen LogP contribution in [0, 0.1) is 0 Å². The molecule has 2 aliphatic rings. The summed E-state index contributed by atoms with van der Waals surface area (Å²) in [7, 11) is 0. The molecule has 8 nitrogen and oxygen atoms in total. The number of carbonyl (C=O) groups is 1. The van der Waals surface area contributed by atoms with Crippen molar-refractivity contribution in [2.45, 2.75) is 54.8 Å². The van der Waals surface area contributed by atoms with Crippen LogP contribution in [0.25, 0.3) is 11.0 Å². The van der Waals surface area contributed by atoms with Gasteiger partial charge in [0.15, 0.2) is 5.65 Å². The summed E-state index contributed by atoms with van der Waals surface area (Å²) in [5.41, 5.74) is -0.539. The van der Waals surface area contributed by atoms with Crippen LogP contribution < -0.4 is 16.6 Å². The number of thioether (sulfide) groups is 1. The van der Waals surface area contributed by atoms with E-state index in [9.17, 15) is 14.4 Å². The molecule has 0 spiro atoms. The van der Waals surface area contributed by atoms with E-state index in [1.165, 1.54) is 11.8 Å². The maximum absolute atomic E-state index is 12.6. The summed E-state index contributed by atoms with van der Waals surface area (Å²) in [6.45, 7) is 5.73. The molecule has 2 aromatic heterocycles. The first-order valence-corrected chi connectivity index (χ1v) is 9.99. The fraction of sp³-hybridized carbons (Fsp3) is 0.500. The van der Waals surface area contributed by atoms with Crippen molar-refractivity contribution in [1.29, 1.82) is 0 Å². The minimum absolute atomic E-state index is 0.0740. The van der Waals surface area contributed by atoms with E-state index in [1.54, 1.807) is 17.6 Å². The number of aromatic amines is 1. The summed E-state index contributed by atoms with van der Waals surface area (Å²) in [6.07, 6.45) is 5.41. The Bertz CT molecular complexity index is 1040. The number of amides is 1. The molecule has 2 aliphatic carbocycles. The third kappa shape index (κ3) is 3.55. The topological polar surface area (TPSA) is 110 Å². The van der Waals surface area contributed by atoms with Crippen LogP contribution >= 0.6 is 11.8 Å². The zero-order valence-corrected chi connectivity index (χ0v) is 15.8. The zero-order valence-electron chi connectivity index (χ0n) is 15.0. The summed E-state index contributed by atoms with van der Waals surface area (Å²) in [6, 6.07) is 0.0740. The van der Waals surface area contributed by atoms with E-state index in [-0.39, 0.29) is 17.9 Å². The Balaban J connectivity index is 1.82. The van der Waals surface area contributed by atoms with Crippen molar-refractivity contribution in [2.75, 3.05) is 6.54 Å². The number of aromatic nitrogens is 4. The molecule has 0 bridgehead atoms. The molecule has 27 heavy (non-hydrogen) atoms. The van der Waals surface area contributed by atoms with E-state index in [0.717, 1.165) is 25.7 Å². The van der Waals surface area contributed by atoms with Gasteiger partial charge in [-0.3, -0.25) is 19.1 Å². The minimum Gasteiger partial charge on any atom is -0.352 e. The van der Waals surface area contributed by atoms with E-state index in [2.05, 4.69) is 26.8 Å². The molecule has 1 unspecified atom stereocenters. The lowest BCUT2D eigenvalue weighted by Crippen LogP contribution is -2.32. The van der Waals surface area contributed by atoms with Crippen molar-refractivity contribution in [2.24, 2.45) is 0 Å². The van der Waals surface area contributed by atoms with E-state index < -0.39 is 16.5 Å². The molecule has 0 radical (unpaired) electrons. The smallest absolute Gasteiger partial charge is 0.330 e. The molecule has 2 N–H and O–H groups in total. The van der Waals surface area contributed by atoms with Gasteiger partial charge in [-0.1, -0.05) is 17.8 Å². The summed E-state index contributed by atoms with van der Waals surface area (Å²) in [4.78, 5) is 48.7. The predicted molar refractivity (Wildman–Crippen MR) is 103 cm³/mol. The van der Waals surface area contributed by atoms with Gasteiger partial charge in [0.05, 0.1) is 5.25 Å². The number of fused-ring (bicyclic) bond motifs is 1. The number of H-pyrrole nitrogens is 1. The van der Waals surface area contributed by atoms with E-state index in [4.69, 9.17) is 0 Å². The SMILES string of the molecule is C=CCNC(=O)C(C)Sc1nc(C2CC2)nc2c1c(=O)[nH]c(=O)n2C1CC1. The number of rotatable bonds is 7. The van der Waals surface area contributed by atoms with Crippen LogP contribution in [0.15, 0.2) is 27.3 Å². The Hall–Kier alpha value is -2.42. The van der Waals surface area contributed by atoms with Crippen LogP contribution in [0.5, 0.6) is 0 Å². The second-order valence-electron chi connectivity index (χ2n) is 7.01. The van der Waals surface area contributed by atoms with E-state index in [1.807, 2.05) is 0 Å². The van der Waals surface area contributed by atoms with Gasteiger partial charge >= 0.3 is 5.69 Å². The molecule has 2 saturated carbocycles. The monoisotopic (exact) mass is 387 g/mol. The van der Waals surface area contributed by atoms with Gasteiger partial charge in [0.1, 0.15) is 16.2 Å². The number of nitrogens with zero attached hydrogens (tertiary/aromatic N) is 3. The molecular formula is C18H21N5O3S. The second kappa shape index (κ2) is 6.95. The molecule has 1 amide bonds. The standard InChI is InChI=1S/C18H21N5O3S/c1-3-8-19-15(24)9(2)27-17-12-14(20-13(21-17)10-4-5-10)23(11-6-7-11)18(26)22-16(12)25/h3,9-11H,1,4-8H2,2H3,(H,19,24)(H,22,25,26). The van der Waals surface area contributed by atoms with Gasteiger partial charge in [-0.2, -0.15) is 0 Å². The largest absolute Gasteiger partial charge is 0.352 e. The lowest BCUT2D eigenvalue weighted by molar-refractivity contribution is -0.120. The van der Waals surface area contributed by atoms with Crippen LogP contribution in [0.3, 0.4) is 0 Å². The lowest BCUT2D eigenvalue weighted by Gasteiger charge is -2.14. The predicted octanol–water partition coefficient (Wildman–Crippen LogP) is 1.47. The highest BCUT2D eigenvalue weighted by Crippen LogP contribution is 2.41. The Labute approximate surface area is 159 Å². The van der Waals surface area contributed by atoms with Gasteiger partial charge in [-0.15, -0.1) is 6.58 Å². The fourth-order valence-corrected chi connectivity index (χ4v) is 3.93. The first-order chi connectivity index (χ1) is 13.0. The van der Waals surface area contributed by atoms with Gasteiger partial charge in [0.2, 0.25) is 5.91 Å². The van der Waals surface area contributed by atoms with Crippen molar-refractivity contribution in [3.63, 3.8) is 0 Å². The van der Waals surface area contributed by atoms with Crippen LogP contribution in [0.1, 0.15) is 50.4 Å². The molecule has 0 aliphatic heterocycles. The number of hydrogen-bond acceptors (Lipinski definition) is 6. The van der Waals surface area contributed by atoms with Crippen LogP contribution in [0.2, 0.25) is 0 Å². The molecule has 0 saturated heterocycles. The minimum atomic E-state index is -0.504. The maximum Gasteiger partial charge on any atom is 0.330 e. The highest BCUT2D eigenvalue weighted by atomic mass is 32.2. The van der Waals surface area contributed by atoms with Crippen molar-refractivity contribution in [1.82, 2.24) is 24.8 Å². The van der Waals surface area contributed by atoms with Gasteiger partial charge in [0.25, 0.3) is 5.56 Å². The highest BCUT2D eigenvalue weighted by molar-refractivity contribution is 8.00. The Morgan fingerprint density at radius 2 is 2.11 bits per heavy atom. The normalized spacial score (nSPS) is 17.7. The first-order valence-electron chi connectivity index (χ1n) is 9.11. The lowest BCUT2D eigenvalue weighted by atomic mass is 10.3. The van der Waals surface area contributed by atoms with E-state index in [0.29, 0.717) is 28.4 Å². The number of hydrogen-bond donors (Lipinski definition) is 2. The summed E-state index contributed by atoms with van der Waals surface area (Å²) >= 11 is 1.22. The highest BCUT2D eigenvalue weighted by Gasteiger charge is 2.32. The summed E-state index contributed by atoms with van der Waals surface area (Å²) in [5.74, 6) is 0.760. The average molecular weight is 387 g/mol. The van der Waals surface area contributed by atoms with Gasteiger partial charge < -0.3 is 5.32 Å². The van der Waals surface area contributed by atoms with Crippen LogP contribution in [-0.4, -0.2) is 37.2 Å². The van der Waals surface area contributed by atoms with E-state index >= 15 is 0 Å².